The van der Waals surface area contributed by atoms with Crippen molar-refractivity contribution in [2.24, 2.45) is 0 Å². The van der Waals surface area contributed by atoms with Crippen molar-refractivity contribution >= 4 is 16.5 Å². The fraction of sp³-hybridized carbons (Fsp3) is 0.235. The molecule has 0 amide bonds. The van der Waals surface area contributed by atoms with Crippen molar-refractivity contribution in [3.8, 4) is 0 Å². The van der Waals surface area contributed by atoms with Gasteiger partial charge in [0.25, 0.3) is 0 Å². The summed E-state index contributed by atoms with van der Waals surface area (Å²) in [6.07, 6.45) is 0. The van der Waals surface area contributed by atoms with Crippen LogP contribution in [0.5, 0.6) is 0 Å². The first kappa shape index (κ1) is 12.7. The van der Waals surface area contributed by atoms with E-state index in [0.29, 0.717) is 0 Å². The van der Waals surface area contributed by atoms with E-state index in [2.05, 4.69) is 65.9 Å². The molecule has 1 N–H and O–H groups in total. The minimum Gasteiger partial charge on any atom is -0.379 e. The number of hydrogen-bond acceptors (Lipinski definition) is 2. The van der Waals surface area contributed by atoms with Crippen LogP contribution in [0.2, 0.25) is 0 Å². The Bertz CT molecular complexity index is 723. The molecule has 0 fully saturated rings. The monoisotopic (exact) mass is 265 g/mol. The second kappa shape index (κ2) is 5.37. The lowest BCUT2D eigenvalue weighted by Crippen LogP contribution is -2.08. The van der Waals surface area contributed by atoms with Gasteiger partial charge in [0.2, 0.25) is 0 Å². The SMILES string of the molecule is CCn1nc(C)cc1CNc1cccc2ccccc12. The topological polar surface area (TPSA) is 29.9 Å². The molecule has 0 unspecified atom stereocenters. The first-order valence-electron chi connectivity index (χ1n) is 7.03. The summed E-state index contributed by atoms with van der Waals surface area (Å²) in [5, 5.41) is 10.5. The maximum atomic E-state index is 4.48. The van der Waals surface area contributed by atoms with Gasteiger partial charge >= 0.3 is 0 Å². The van der Waals surface area contributed by atoms with Crippen molar-refractivity contribution in [3.05, 3.63) is 59.9 Å². The van der Waals surface area contributed by atoms with Gasteiger partial charge in [0.1, 0.15) is 0 Å². The lowest BCUT2D eigenvalue weighted by atomic mass is 10.1. The largest absolute Gasteiger partial charge is 0.379 e. The predicted molar refractivity (Wildman–Crippen MR) is 83.9 cm³/mol. The summed E-state index contributed by atoms with van der Waals surface area (Å²) in [5.74, 6) is 0. The number of benzene rings is 2. The number of aromatic nitrogens is 2. The van der Waals surface area contributed by atoms with E-state index in [0.717, 1.165) is 18.8 Å². The highest BCUT2D eigenvalue weighted by Gasteiger charge is 2.05. The zero-order chi connectivity index (χ0) is 13.9. The first-order chi connectivity index (χ1) is 9.78. The number of nitrogens with one attached hydrogen (secondary N) is 1. The lowest BCUT2D eigenvalue weighted by Gasteiger charge is -2.10. The Morgan fingerprint density at radius 1 is 1.10 bits per heavy atom. The molecule has 0 aliphatic rings. The molecule has 1 aromatic heterocycles. The quantitative estimate of drug-likeness (QED) is 0.773. The van der Waals surface area contributed by atoms with Gasteiger partial charge in [-0.05, 0) is 31.4 Å². The normalized spacial score (nSPS) is 10.9. The van der Waals surface area contributed by atoms with E-state index in [1.807, 2.05) is 11.6 Å². The predicted octanol–water partition coefficient (Wildman–Crippen LogP) is 3.98. The van der Waals surface area contributed by atoms with E-state index < -0.39 is 0 Å². The van der Waals surface area contributed by atoms with E-state index in [1.54, 1.807) is 0 Å². The summed E-state index contributed by atoms with van der Waals surface area (Å²) in [4.78, 5) is 0. The summed E-state index contributed by atoms with van der Waals surface area (Å²) >= 11 is 0. The third kappa shape index (κ3) is 2.39. The molecule has 0 spiro atoms. The molecule has 0 bridgehead atoms. The number of hydrogen-bond donors (Lipinski definition) is 1. The molecule has 102 valence electrons. The molecule has 3 heteroatoms. The Labute approximate surface area is 119 Å². The van der Waals surface area contributed by atoms with Crippen LogP contribution in [0.15, 0.2) is 48.5 Å². The van der Waals surface area contributed by atoms with Crippen molar-refractivity contribution in [3.63, 3.8) is 0 Å². The fourth-order valence-corrected chi connectivity index (χ4v) is 2.58. The van der Waals surface area contributed by atoms with Gasteiger partial charge in [-0.25, -0.2) is 0 Å². The van der Waals surface area contributed by atoms with Crippen LogP contribution in [-0.4, -0.2) is 9.78 Å². The summed E-state index contributed by atoms with van der Waals surface area (Å²) in [5.41, 5.74) is 3.46. The van der Waals surface area contributed by atoms with E-state index >= 15 is 0 Å². The number of aryl methyl sites for hydroxylation is 2. The Morgan fingerprint density at radius 2 is 1.90 bits per heavy atom. The zero-order valence-electron chi connectivity index (χ0n) is 11.9. The van der Waals surface area contributed by atoms with E-state index in [1.165, 1.54) is 22.2 Å². The van der Waals surface area contributed by atoms with Gasteiger partial charge in [0, 0.05) is 17.6 Å². The molecule has 2 aromatic carbocycles. The van der Waals surface area contributed by atoms with Crippen LogP contribution in [0.1, 0.15) is 18.3 Å². The molecule has 0 radical (unpaired) electrons. The lowest BCUT2D eigenvalue weighted by molar-refractivity contribution is 0.623. The van der Waals surface area contributed by atoms with Gasteiger partial charge in [-0.3, -0.25) is 4.68 Å². The van der Waals surface area contributed by atoms with Gasteiger partial charge in [-0.2, -0.15) is 5.10 Å². The van der Waals surface area contributed by atoms with Gasteiger partial charge < -0.3 is 5.32 Å². The molecule has 3 rings (SSSR count). The minimum atomic E-state index is 0.794. The van der Waals surface area contributed by atoms with Crippen molar-refractivity contribution in [2.45, 2.75) is 26.9 Å². The first-order valence-corrected chi connectivity index (χ1v) is 7.03. The number of fused-ring (bicyclic) bond motifs is 1. The van der Waals surface area contributed by atoms with Crippen molar-refractivity contribution in [1.82, 2.24) is 9.78 Å². The average molecular weight is 265 g/mol. The minimum absolute atomic E-state index is 0.794. The van der Waals surface area contributed by atoms with Gasteiger partial charge in [0.15, 0.2) is 0 Å². The Kier molecular flexibility index (Phi) is 3.42. The van der Waals surface area contributed by atoms with E-state index in [4.69, 9.17) is 0 Å². The molecular formula is C17H19N3. The van der Waals surface area contributed by atoms with Crippen LogP contribution in [0, 0.1) is 6.92 Å². The van der Waals surface area contributed by atoms with Gasteiger partial charge in [-0.15, -0.1) is 0 Å². The van der Waals surface area contributed by atoms with E-state index in [-0.39, 0.29) is 0 Å². The Morgan fingerprint density at radius 3 is 2.75 bits per heavy atom. The van der Waals surface area contributed by atoms with Gasteiger partial charge in [0.05, 0.1) is 17.9 Å². The average Bonchev–Trinajstić information content (AvgIpc) is 2.85. The zero-order valence-corrected chi connectivity index (χ0v) is 11.9. The summed E-state index contributed by atoms with van der Waals surface area (Å²) in [6.45, 7) is 5.85. The van der Waals surface area contributed by atoms with E-state index in [9.17, 15) is 0 Å². The van der Waals surface area contributed by atoms with Crippen LogP contribution < -0.4 is 5.32 Å². The molecular weight excluding hydrogens is 246 g/mol. The smallest absolute Gasteiger partial charge is 0.0597 e. The highest BCUT2D eigenvalue weighted by atomic mass is 15.3. The summed E-state index contributed by atoms with van der Waals surface area (Å²) < 4.78 is 2.05. The third-order valence-corrected chi connectivity index (χ3v) is 3.53. The maximum absolute atomic E-state index is 4.48. The van der Waals surface area contributed by atoms with Crippen LogP contribution in [0.3, 0.4) is 0 Å². The molecule has 0 aliphatic carbocycles. The highest BCUT2D eigenvalue weighted by molar-refractivity contribution is 5.93. The second-order valence-electron chi connectivity index (χ2n) is 4.97. The maximum Gasteiger partial charge on any atom is 0.0597 e. The Balaban J connectivity index is 1.86. The number of nitrogens with zero attached hydrogens (tertiary/aromatic N) is 2. The standard InChI is InChI=1S/C17H19N3/c1-3-20-15(11-13(2)19-20)12-18-17-10-6-8-14-7-4-5-9-16(14)17/h4-11,18H,3,12H2,1-2H3. The van der Waals surface area contributed by atoms with Crippen LogP contribution >= 0.6 is 0 Å². The van der Waals surface area contributed by atoms with Crippen molar-refractivity contribution in [1.29, 1.82) is 0 Å². The molecule has 1 heterocycles. The molecule has 0 atom stereocenters. The molecule has 20 heavy (non-hydrogen) atoms. The number of rotatable bonds is 4. The molecule has 0 saturated heterocycles. The highest BCUT2D eigenvalue weighted by Crippen LogP contribution is 2.23. The van der Waals surface area contributed by atoms with Crippen LogP contribution in [-0.2, 0) is 13.1 Å². The summed E-state index contributed by atoms with van der Waals surface area (Å²) in [6, 6.07) is 16.9. The number of anilines is 1. The van der Waals surface area contributed by atoms with Gasteiger partial charge in [-0.1, -0.05) is 36.4 Å². The van der Waals surface area contributed by atoms with Crippen LogP contribution in [0.25, 0.3) is 10.8 Å². The van der Waals surface area contributed by atoms with Crippen LogP contribution in [0.4, 0.5) is 5.69 Å². The second-order valence-corrected chi connectivity index (χ2v) is 4.97. The molecule has 0 aliphatic heterocycles. The van der Waals surface area contributed by atoms with Crippen molar-refractivity contribution < 1.29 is 0 Å². The molecule has 0 saturated carbocycles. The molecule has 3 aromatic rings. The van der Waals surface area contributed by atoms with Crippen molar-refractivity contribution in [2.75, 3.05) is 5.32 Å². The molecule has 3 nitrogen and oxygen atoms in total. The summed E-state index contributed by atoms with van der Waals surface area (Å²) in [7, 11) is 0. The fourth-order valence-electron chi connectivity index (χ4n) is 2.58. The Hall–Kier alpha value is -2.29. The third-order valence-electron chi connectivity index (χ3n) is 3.53.